The molecule has 1 heterocycles. The van der Waals surface area contributed by atoms with Gasteiger partial charge >= 0.3 is 0 Å². The molecule has 1 aromatic rings. The van der Waals surface area contributed by atoms with Crippen molar-refractivity contribution in [3.8, 4) is 0 Å². The number of rotatable bonds is 5. The lowest BCUT2D eigenvalue weighted by atomic mass is 9.97. The molecule has 1 aliphatic rings. The van der Waals surface area contributed by atoms with Gasteiger partial charge in [0, 0.05) is 18.3 Å². The van der Waals surface area contributed by atoms with E-state index in [0.717, 1.165) is 11.7 Å². The zero-order chi connectivity index (χ0) is 13.8. The van der Waals surface area contributed by atoms with Crippen molar-refractivity contribution >= 4 is 5.69 Å². The number of likely N-dealkylation sites (N-methyl/N-ethyl adjacent to an activating group) is 1. The molecule has 2 unspecified atom stereocenters. The maximum absolute atomic E-state index is 5.73. The normalized spacial score (nSPS) is 22.0. The van der Waals surface area contributed by atoms with Crippen LogP contribution in [-0.4, -0.2) is 49.6 Å². The van der Waals surface area contributed by atoms with Crippen molar-refractivity contribution < 1.29 is 0 Å². The molecule has 106 valence electrons. The highest BCUT2D eigenvalue weighted by Gasteiger charge is 2.23. The molecule has 1 fully saturated rings. The monoisotopic (exact) mass is 261 g/mol. The van der Waals surface area contributed by atoms with Gasteiger partial charge in [-0.05, 0) is 63.6 Å². The van der Waals surface area contributed by atoms with Crippen molar-refractivity contribution in [2.24, 2.45) is 0 Å². The summed E-state index contributed by atoms with van der Waals surface area (Å²) < 4.78 is 0. The Bertz CT molecular complexity index is 385. The third kappa shape index (κ3) is 3.95. The SMILES string of the molecule is CC(CCN1CCC(N(C)C)C1)c1ccc(N)cc1. The van der Waals surface area contributed by atoms with Crippen molar-refractivity contribution in [2.75, 3.05) is 39.5 Å². The maximum Gasteiger partial charge on any atom is 0.0314 e. The lowest BCUT2D eigenvalue weighted by Crippen LogP contribution is -2.32. The number of benzene rings is 1. The molecular formula is C16H27N3. The number of hydrogen-bond acceptors (Lipinski definition) is 3. The summed E-state index contributed by atoms with van der Waals surface area (Å²) in [6, 6.07) is 9.07. The van der Waals surface area contributed by atoms with Crippen LogP contribution in [0.25, 0.3) is 0 Å². The molecule has 2 rings (SSSR count). The van der Waals surface area contributed by atoms with E-state index in [-0.39, 0.29) is 0 Å². The van der Waals surface area contributed by atoms with Gasteiger partial charge in [-0.15, -0.1) is 0 Å². The fourth-order valence-corrected chi connectivity index (χ4v) is 2.80. The van der Waals surface area contributed by atoms with E-state index >= 15 is 0 Å². The first-order chi connectivity index (χ1) is 9.06. The highest BCUT2D eigenvalue weighted by atomic mass is 15.2. The van der Waals surface area contributed by atoms with Crippen LogP contribution in [0.4, 0.5) is 5.69 Å². The van der Waals surface area contributed by atoms with Gasteiger partial charge in [0.05, 0.1) is 0 Å². The van der Waals surface area contributed by atoms with Gasteiger partial charge in [0.15, 0.2) is 0 Å². The van der Waals surface area contributed by atoms with Gasteiger partial charge in [-0.2, -0.15) is 0 Å². The molecule has 0 bridgehead atoms. The lowest BCUT2D eigenvalue weighted by Gasteiger charge is -2.21. The first-order valence-electron chi connectivity index (χ1n) is 7.30. The summed E-state index contributed by atoms with van der Waals surface area (Å²) in [7, 11) is 4.37. The van der Waals surface area contributed by atoms with Gasteiger partial charge < -0.3 is 15.5 Å². The van der Waals surface area contributed by atoms with Crippen molar-refractivity contribution in [3.05, 3.63) is 29.8 Å². The third-order valence-electron chi connectivity index (χ3n) is 4.36. The zero-order valence-corrected chi connectivity index (χ0v) is 12.5. The van der Waals surface area contributed by atoms with Crippen LogP contribution in [0.3, 0.4) is 0 Å². The topological polar surface area (TPSA) is 32.5 Å². The second-order valence-corrected chi connectivity index (χ2v) is 6.06. The van der Waals surface area contributed by atoms with Crippen LogP contribution in [-0.2, 0) is 0 Å². The number of hydrogen-bond donors (Lipinski definition) is 1. The molecule has 3 heteroatoms. The average molecular weight is 261 g/mol. The predicted octanol–water partition coefficient (Wildman–Crippen LogP) is 2.40. The Balaban J connectivity index is 1.78. The largest absolute Gasteiger partial charge is 0.399 e. The van der Waals surface area contributed by atoms with Gasteiger partial charge in [-0.3, -0.25) is 0 Å². The summed E-state index contributed by atoms with van der Waals surface area (Å²) in [6.45, 7) is 5.99. The summed E-state index contributed by atoms with van der Waals surface area (Å²) >= 11 is 0. The molecule has 0 saturated carbocycles. The number of likely N-dealkylation sites (tertiary alicyclic amines) is 1. The number of nitrogens with two attached hydrogens (primary N) is 1. The minimum Gasteiger partial charge on any atom is -0.399 e. The average Bonchev–Trinajstić information content (AvgIpc) is 2.86. The molecule has 0 aromatic heterocycles. The first kappa shape index (κ1) is 14.4. The molecule has 19 heavy (non-hydrogen) atoms. The van der Waals surface area contributed by atoms with Crippen molar-refractivity contribution in [1.82, 2.24) is 9.80 Å². The molecule has 0 aliphatic carbocycles. The smallest absolute Gasteiger partial charge is 0.0314 e. The molecule has 0 amide bonds. The van der Waals surface area contributed by atoms with Crippen molar-refractivity contribution in [3.63, 3.8) is 0 Å². The van der Waals surface area contributed by atoms with Crippen LogP contribution < -0.4 is 5.73 Å². The predicted molar refractivity (Wildman–Crippen MR) is 82.4 cm³/mol. The molecule has 1 saturated heterocycles. The Kier molecular flexibility index (Phi) is 4.83. The van der Waals surface area contributed by atoms with Crippen LogP contribution in [0.2, 0.25) is 0 Å². The van der Waals surface area contributed by atoms with E-state index in [1.807, 2.05) is 12.1 Å². The van der Waals surface area contributed by atoms with E-state index in [4.69, 9.17) is 5.73 Å². The standard InChI is InChI=1S/C16H27N3/c1-13(14-4-6-15(17)7-5-14)8-10-19-11-9-16(12-19)18(2)3/h4-7,13,16H,8-12,17H2,1-3H3. The fraction of sp³-hybridized carbons (Fsp3) is 0.625. The first-order valence-corrected chi connectivity index (χ1v) is 7.30. The number of anilines is 1. The minimum absolute atomic E-state index is 0.610. The Hall–Kier alpha value is -1.06. The van der Waals surface area contributed by atoms with Gasteiger partial charge in [0.2, 0.25) is 0 Å². The van der Waals surface area contributed by atoms with Crippen LogP contribution in [0, 0.1) is 0 Å². The highest BCUT2D eigenvalue weighted by molar-refractivity contribution is 5.40. The minimum atomic E-state index is 0.610. The number of nitrogens with zero attached hydrogens (tertiary/aromatic N) is 2. The Morgan fingerprint density at radius 2 is 2.00 bits per heavy atom. The van der Waals surface area contributed by atoms with Gasteiger partial charge in [0.1, 0.15) is 0 Å². The zero-order valence-electron chi connectivity index (χ0n) is 12.5. The van der Waals surface area contributed by atoms with Gasteiger partial charge in [-0.25, -0.2) is 0 Å². The summed E-state index contributed by atoms with van der Waals surface area (Å²) in [6.07, 6.45) is 2.54. The molecule has 1 aliphatic heterocycles. The van der Waals surface area contributed by atoms with E-state index in [1.54, 1.807) is 0 Å². The quantitative estimate of drug-likeness (QED) is 0.826. The van der Waals surface area contributed by atoms with Crippen LogP contribution in [0.1, 0.15) is 31.2 Å². The molecule has 2 atom stereocenters. The second kappa shape index (κ2) is 6.40. The summed E-state index contributed by atoms with van der Waals surface area (Å²) in [5.74, 6) is 0.610. The Morgan fingerprint density at radius 1 is 1.32 bits per heavy atom. The van der Waals surface area contributed by atoms with Gasteiger partial charge in [-0.1, -0.05) is 19.1 Å². The maximum atomic E-state index is 5.73. The van der Waals surface area contributed by atoms with Crippen LogP contribution >= 0.6 is 0 Å². The molecule has 2 N–H and O–H groups in total. The van der Waals surface area contributed by atoms with Crippen LogP contribution in [0.5, 0.6) is 0 Å². The van der Waals surface area contributed by atoms with E-state index < -0.39 is 0 Å². The Labute approximate surface area is 117 Å². The van der Waals surface area contributed by atoms with Crippen molar-refractivity contribution in [2.45, 2.75) is 31.7 Å². The summed E-state index contributed by atoms with van der Waals surface area (Å²) in [5.41, 5.74) is 7.98. The molecular weight excluding hydrogens is 234 g/mol. The van der Waals surface area contributed by atoms with Crippen molar-refractivity contribution in [1.29, 1.82) is 0 Å². The molecule has 1 aromatic carbocycles. The lowest BCUT2D eigenvalue weighted by molar-refractivity contribution is 0.264. The van der Waals surface area contributed by atoms with E-state index in [9.17, 15) is 0 Å². The third-order valence-corrected chi connectivity index (χ3v) is 4.36. The molecule has 0 spiro atoms. The number of nitrogen functional groups attached to an aromatic ring is 1. The van der Waals surface area contributed by atoms with E-state index in [0.29, 0.717) is 5.92 Å². The Morgan fingerprint density at radius 3 is 2.58 bits per heavy atom. The highest BCUT2D eigenvalue weighted by Crippen LogP contribution is 2.22. The summed E-state index contributed by atoms with van der Waals surface area (Å²) in [4.78, 5) is 4.95. The second-order valence-electron chi connectivity index (χ2n) is 6.06. The van der Waals surface area contributed by atoms with E-state index in [2.05, 4.69) is 43.0 Å². The van der Waals surface area contributed by atoms with Gasteiger partial charge in [0.25, 0.3) is 0 Å². The fourth-order valence-electron chi connectivity index (χ4n) is 2.80. The molecule has 0 radical (unpaired) electrons. The summed E-state index contributed by atoms with van der Waals surface area (Å²) in [5, 5.41) is 0. The van der Waals surface area contributed by atoms with E-state index in [1.165, 1.54) is 38.0 Å². The van der Waals surface area contributed by atoms with Crippen LogP contribution in [0.15, 0.2) is 24.3 Å². The molecule has 3 nitrogen and oxygen atoms in total.